The van der Waals surface area contributed by atoms with Crippen molar-refractivity contribution in [2.45, 2.75) is 18.4 Å². The average Bonchev–Trinajstić information content (AvgIpc) is 3.30. The van der Waals surface area contributed by atoms with E-state index in [2.05, 4.69) is 12.1 Å². The van der Waals surface area contributed by atoms with Crippen LogP contribution in [-0.4, -0.2) is 28.8 Å². The maximum atomic E-state index is 12.9. The molecule has 0 aromatic heterocycles. The van der Waals surface area contributed by atoms with Crippen molar-refractivity contribution in [3.05, 3.63) is 94.5 Å². The summed E-state index contributed by atoms with van der Waals surface area (Å²) < 4.78 is 12.0. The number of ether oxygens (including phenoxy) is 2. The molecular weight excluding hydrogens is 426 g/mol. The van der Waals surface area contributed by atoms with Gasteiger partial charge in [-0.3, -0.25) is 9.59 Å². The van der Waals surface area contributed by atoms with Gasteiger partial charge in [-0.05, 0) is 54.6 Å². The highest BCUT2D eigenvalue weighted by molar-refractivity contribution is 6.03. The van der Waals surface area contributed by atoms with E-state index in [9.17, 15) is 19.2 Å². The minimum absolute atomic E-state index is 0.0106. The van der Waals surface area contributed by atoms with Crippen LogP contribution in [-0.2, 0) is 24.8 Å². The van der Waals surface area contributed by atoms with Crippen molar-refractivity contribution in [3.8, 4) is 11.5 Å². The van der Waals surface area contributed by atoms with E-state index >= 15 is 0 Å². The molecule has 160 valence electrons. The second-order valence-corrected chi connectivity index (χ2v) is 7.74. The van der Waals surface area contributed by atoms with E-state index in [0.717, 1.165) is 0 Å². The predicted molar refractivity (Wildman–Crippen MR) is 109 cm³/mol. The molecule has 3 aliphatic heterocycles. The SMILES string of the molecule is O=C(ON1C(=O)CCC1=O)c1ccc2c(c1)C1(OC2=O)c2cc[c]cc2Oc2c[c]ccc21. The van der Waals surface area contributed by atoms with Gasteiger partial charge >= 0.3 is 11.9 Å². The van der Waals surface area contributed by atoms with E-state index in [-0.39, 0.29) is 24.0 Å². The highest BCUT2D eigenvalue weighted by Gasteiger charge is 2.53. The summed E-state index contributed by atoms with van der Waals surface area (Å²) in [6.07, 6.45) is -0.0211. The van der Waals surface area contributed by atoms with Crippen LogP contribution in [0.25, 0.3) is 0 Å². The van der Waals surface area contributed by atoms with Crippen LogP contribution >= 0.6 is 0 Å². The summed E-state index contributed by atoms with van der Waals surface area (Å²) in [6, 6.07) is 20.4. The summed E-state index contributed by atoms with van der Waals surface area (Å²) in [6.45, 7) is 0. The first-order valence-electron chi connectivity index (χ1n) is 10.1. The number of hydrogen-bond acceptors (Lipinski definition) is 7. The van der Waals surface area contributed by atoms with Gasteiger partial charge in [0.15, 0.2) is 5.60 Å². The molecule has 0 saturated carbocycles. The number of hydrogen-bond donors (Lipinski definition) is 0. The fourth-order valence-electron chi connectivity index (χ4n) is 4.43. The minimum atomic E-state index is -1.37. The molecule has 3 aromatic carbocycles. The van der Waals surface area contributed by atoms with Crippen molar-refractivity contribution in [1.29, 1.82) is 0 Å². The molecule has 0 unspecified atom stereocenters. The monoisotopic (exact) mass is 439 g/mol. The van der Waals surface area contributed by atoms with E-state index in [1.54, 1.807) is 36.4 Å². The summed E-state index contributed by atoms with van der Waals surface area (Å²) in [5, 5.41) is 0.484. The maximum Gasteiger partial charge on any atom is 0.363 e. The number of benzene rings is 3. The summed E-state index contributed by atoms with van der Waals surface area (Å²) in [7, 11) is 0. The molecule has 1 spiro atoms. The molecule has 0 bridgehead atoms. The Labute approximate surface area is 187 Å². The molecule has 1 saturated heterocycles. The van der Waals surface area contributed by atoms with Crippen molar-refractivity contribution < 1.29 is 33.5 Å². The predicted octanol–water partition coefficient (Wildman–Crippen LogP) is 3.08. The highest BCUT2D eigenvalue weighted by Crippen LogP contribution is 2.55. The van der Waals surface area contributed by atoms with E-state index < -0.39 is 29.4 Å². The lowest BCUT2D eigenvalue weighted by atomic mass is 9.77. The Kier molecular flexibility index (Phi) is 3.95. The van der Waals surface area contributed by atoms with Crippen molar-refractivity contribution in [1.82, 2.24) is 5.06 Å². The van der Waals surface area contributed by atoms with Gasteiger partial charge in [-0.25, -0.2) is 9.59 Å². The Morgan fingerprint density at radius 3 is 2.18 bits per heavy atom. The number of hydroxylamine groups is 2. The van der Waals surface area contributed by atoms with Gasteiger partial charge in [0.05, 0.1) is 11.1 Å². The first-order valence-corrected chi connectivity index (χ1v) is 10.1. The van der Waals surface area contributed by atoms with Crippen LogP contribution in [0, 0.1) is 12.1 Å². The van der Waals surface area contributed by atoms with Crippen LogP contribution < -0.4 is 4.74 Å². The molecule has 0 N–H and O–H groups in total. The molecule has 33 heavy (non-hydrogen) atoms. The maximum absolute atomic E-state index is 12.9. The standard InChI is InChI=1S/C25H13NO7/c27-21-11-12-22(28)26(21)33-23(29)14-9-10-15-18(13-14)25(32-24(15)30)16-5-1-3-7-19(16)31-20-8-4-2-6-17(20)25/h1-2,5-10,13H,11-12H2. The van der Waals surface area contributed by atoms with E-state index in [1.165, 1.54) is 18.2 Å². The Morgan fingerprint density at radius 1 is 0.909 bits per heavy atom. The van der Waals surface area contributed by atoms with Crippen LogP contribution in [0.4, 0.5) is 0 Å². The molecule has 0 atom stereocenters. The third-order valence-corrected chi connectivity index (χ3v) is 5.91. The molecule has 3 aliphatic rings. The van der Waals surface area contributed by atoms with Gasteiger partial charge < -0.3 is 14.3 Å². The molecule has 6 rings (SSSR count). The largest absolute Gasteiger partial charge is 0.456 e. The second-order valence-electron chi connectivity index (χ2n) is 7.74. The van der Waals surface area contributed by atoms with Crippen LogP contribution in [0.15, 0.2) is 54.6 Å². The summed E-state index contributed by atoms with van der Waals surface area (Å²) >= 11 is 0. The van der Waals surface area contributed by atoms with E-state index in [4.69, 9.17) is 14.3 Å². The Balaban J connectivity index is 1.51. The zero-order chi connectivity index (χ0) is 22.7. The number of fused-ring (bicyclic) bond motifs is 6. The average molecular weight is 439 g/mol. The van der Waals surface area contributed by atoms with Crippen LogP contribution in [0.1, 0.15) is 50.2 Å². The lowest BCUT2D eigenvalue weighted by Crippen LogP contribution is -2.33. The minimum Gasteiger partial charge on any atom is -0.456 e. The van der Waals surface area contributed by atoms with Crippen LogP contribution in [0.2, 0.25) is 0 Å². The summed E-state index contributed by atoms with van der Waals surface area (Å²) in [4.78, 5) is 54.5. The lowest BCUT2D eigenvalue weighted by molar-refractivity contribution is -0.172. The van der Waals surface area contributed by atoms with Crippen LogP contribution in [0.3, 0.4) is 0 Å². The molecule has 2 radical (unpaired) electrons. The van der Waals surface area contributed by atoms with Crippen LogP contribution in [0.5, 0.6) is 11.5 Å². The first-order chi connectivity index (χ1) is 16.0. The molecule has 1 fully saturated rings. The zero-order valence-electron chi connectivity index (χ0n) is 16.9. The topological polar surface area (TPSA) is 99.2 Å². The van der Waals surface area contributed by atoms with Gasteiger partial charge in [0.25, 0.3) is 11.8 Å². The second kappa shape index (κ2) is 6.77. The normalized spacial score (nSPS) is 17.2. The molecule has 3 heterocycles. The molecule has 8 nitrogen and oxygen atoms in total. The fraction of sp³-hybridized carbons (Fsp3) is 0.120. The van der Waals surface area contributed by atoms with Crippen molar-refractivity contribution >= 4 is 23.8 Å². The van der Waals surface area contributed by atoms with Crippen molar-refractivity contribution in [2.24, 2.45) is 0 Å². The lowest BCUT2D eigenvalue weighted by Gasteiger charge is -2.36. The van der Waals surface area contributed by atoms with Gasteiger partial charge in [-0.2, -0.15) is 0 Å². The summed E-state index contributed by atoms with van der Waals surface area (Å²) in [5.74, 6) is -1.72. The quantitative estimate of drug-likeness (QED) is 0.447. The molecule has 8 heteroatoms. The number of carbonyl (C=O) groups is 4. The number of imide groups is 1. The van der Waals surface area contributed by atoms with Gasteiger partial charge in [-0.15, -0.1) is 5.06 Å². The van der Waals surface area contributed by atoms with Gasteiger partial charge in [-0.1, -0.05) is 12.1 Å². The fourth-order valence-corrected chi connectivity index (χ4v) is 4.43. The van der Waals surface area contributed by atoms with Gasteiger partial charge in [0.1, 0.15) is 11.5 Å². The van der Waals surface area contributed by atoms with Gasteiger partial charge in [0, 0.05) is 29.5 Å². The smallest absolute Gasteiger partial charge is 0.363 e. The first kappa shape index (κ1) is 19.2. The molecular formula is C25H13NO7. The Morgan fingerprint density at radius 2 is 1.55 bits per heavy atom. The highest BCUT2D eigenvalue weighted by atomic mass is 16.7. The third kappa shape index (κ3) is 2.64. The molecule has 2 amide bonds. The zero-order valence-corrected chi connectivity index (χ0v) is 16.9. The van der Waals surface area contributed by atoms with E-state index in [1.807, 2.05) is 0 Å². The van der Waals surface area contributed by atoms with E-state index in [0.29, 0.717) is 33.3 Å². The number of amides is 2. The van der Waals surface area contributed by atoms with Gasteiger partial charge in [0.2, 0.25) is 0 Å². The third-order valence-electron chi connectivity index (χ3n) is 5.91. The summed E-state index contributed by atoms with van der Waals surface area (Å²) in [5.41, 5.74) is 0.529. The van der Waals surface area contributed by atoms with Crippen molar-refractivity contribution in [2.75, 3.05) is 0 Å². The number of carbonyl (C=O) groups excluding carboxylic acids is 4. The molecule has 3 aromatic rings. The molecule has 0 aliphatic carbocycles. The number of nitrogens with zero attached hydrogens (tertiary/aromatic N) is 1. The Hall–Kier alpha value is -4.46. The number of esters is 1. The van der Waals surface area contributed by atoms with Crippen molar-refractivity contribution in [3.63, 3.8) is 0 Å². The number of rotatable bonds is 2. The Bertz CT molecular complexity index is 1330.